The Bertz CT molecular complexity index is 759. The van der Waals surface area contributed by atoms with E-state index >= 15 is 0 Å². The number of piperidine rings is 1. The molecule has 6 nitrogen and oxygen atoms in total. The lowest BCUT2D eigenvalue weighted by atomic mass is 9.91. The number of carbonyl (C=O) groups is 1. The lowest BCUT2D eigenvalue weighted by molar-refractivity contribution is -0.116. The van der Waals surface area contributed by atoms with Crippen molar-refractivity contribution in [3.8, 4) is 0 Å². The molecule has 7 heteroatoms. The van der Waals surface area contributed by atoms with Crippen molar-refractivity contribution in [2.24, 2.45) is 11.8 Å². The van der Waals surface area contributed by atoms with E-state index in [0.29, 0.717) is 37.6 Å². The van der Waals surface area contributed by atoms with Gasteiger partial charge in [0.1, 0.15) is 0 Å². The average Bonchev–Trinajstić information content (AvgIpc) is 2.60. The third-order valence-electron chi connectivity index (χ3n) is 5.31. The summed E-state index contributed by atoms with van der Waals surface area (Å²) in [4.78, 5) is 14.6. The molecule has 0 spiro atoms. The largest absolute Gasteiger partial charge is 0.371 e. The Labute approximate surface area is 176 Å². The van der Waals surface area contributed by atoms with Gasteiger partial charge in [0.05, 0.1) is 4.75 Å². The van der Waals surface area contributed by atoms with Crippen molar-refractivity contribution >= 4 is 27.3 Å². The van der Waals surface area contributed by atoms with Crippen molar-refractivity contribution in [3.63, 3.8) is 0 Å². The van der Waals surface area contributed by atoms with Gasteiger partial charge in [-0.15, -0.1) is 0 Å². The van der Waals surface area contributed by atoms with Crippen LogP contribution in [0.4, 0.5) is 11.4 Å². The van der Waals surface area contributed by atoms with Crippen LogP contribution in [-0.2, 0) is 14.8 Å². The van der Waals surface area contributed by atoms with Gasteiger partial charge in [0, 0.05) is 37.4 Å². The number of unbranched alkanes of at least 4 members (excludes halogenated alkanes) is 1. The van der Waals surface area contributed by atoms with E-state index in [1.165, 1.54) is 12.1 Å². The molecule has 1 unspecified atom stereocenters. The number of nitrogens with zero attached hydrogens (tertiary/aromatic N) is 1. The van der Waals surface area contributed by atoms with E-state index < -0.39 is 14.8 Å². The number of rotatable bonds is 8. The maximum absolute atomic E-state index is 12.1. The van der Waals surface area contributed by atoms with Crippen LogP contribution < -0.4 is 14.9 Å². The molecular weight excluding hydrogens is 386 g/mol. The molecule has 0 saturated carbocycles. The summed E-state index contributed by atoms with van der Waals surface area (Å²) in [6.07, 6.45) is 2.93. The molecule has 2 rings (SSSR count). The van der Waals surface area contributed by atoms with Crippen LogP contribution in [0.1, 0.15) is 60.3 Å². The van der Waals surface area contributed by atoms with Crippen LogP contribution in [0.2, 0.25) is 0 Å². The quantitative estimate of drug-likeness (QED) is 0.620. The Kier molecular flexibility index (Phi) is 8.11. The predicted octanol–water partition coefficient (Wildman–Crippen LogP) is 4.00. The van der Waals surface area contributed by atoms with Crippen LogP contribution >= 0.6 is 0 Å². The molecule has 0 aliphatic carbocycles. The van der Waals surface area contributed by atoms with Gasteiger partial charge in [-0.1, -0.05) is 13.8 Å². The van der Waals surface area contributed by atoms with Crippen LogP contribution in [0.3, 0.4) is 0 Å². The van der Waals surface area contributed by atoms with Gasteiger partial charge < -0.3 is 10.2 Å². The second-order valence-corrected chi connectivity index (χ2v) is 11.9. The zero-order valence-electron chi connectivity index (χ0n) is 18.5. The molecule has 2 N–H and O–H groups in total. The average molecular weight is 424 g/mol. The minimum absolute atomic E-state index is 0.0448. The zero-order valence-corrected chi connectivity index (χ0v) is 19.3. The number of hydrogen-bond acceptors (Lipinski definition) is 4. The third kappa shape index (κ3) is 7.30. The molecular formula is C22H37N3O3S. The molecule has 0 aromatic heterocycles. The number of benzene rings is 1. The van der Waals surface area contributed by atoms with E-state index in [1.807, 2.05) is 12.1 Å². The fraction of sp³-hybridized carbons (Fsp3) is 0.682. The Morgan fingerprint density at radius 3 is 2.21 bits per heavy atom. The molecule has 1 fully saturated rings. The lowest BCUT2D eigenvalue weighted by Crippen LogP contribution is -2.39. The van der Waals surface area contributed by atoms with E-state index in [0.717, 1.165) is 18.8 Å². The molecule has 29 heavy (non-hydrogen) atoms. The Balaban J connectivity index is 1.73. The fourth-order valence-corrected chi connectivity index (χ4v) is 4.53. The van der Waals surface area contributed by atoms with Gasteiger partial charge in [0.25, 0.3) is 0 Å². The number of hydrogen-bond donors (Lipinski definition) is 2. The maximum atomic E-state index is 12.1. The topological polar surface area (TPSA) is 78.5 Å². The van der Waals surface area contributed by atoms with Gasteiger partial charge in [-0.2, -0.15) is 0 Å². The Morgan fingerprint density at radius 1 is 1.07 bits per heavy atom. The highest BCUT2D eigenvalue weighted by Gasteiger charge is 2.28. The summed E-state index contributed by atoms with van der Waals surface area (Å²) in [5, 5.41) is 2.92. The first-order chi connectivity index (χ1) is 13.5. The van der Waals surface area contributed by atoms with Crippen LogP contribution in [-0.4, -0.2) is 38.7 Å². The van der Waals surface area contributed by atoms with Gasteiger partial charge in [0.15, 0.2) is 0 Å². The lowest BCUT2D eigenvalue weighted by Gasteiger charge is -2.36. The number of amides is 1. The highest BCUT2D eigenvalue weighted by Crippen LogP contribution is 2.27. The van der Waals surface area contributed by atoms with Crippen molar-refractivity contribution < 1.29 is 13.2 Å². The summed E-state index contributed by atoms with van der Waals surface area (Å²) in [6, 6.07) is 8.05. The van der Waals surface area contributed by atoms with Gasteiger partial charge in [-0.25, -0.2) is 13.1 Å². The van der Waals surface area contributed by atoms with Crippen LogP contribution in [0, 0.1) is 11.8 Å². The fourth-order valence-electron chi connectivity index (χ4n) is 3.69. The van der Waals surface area contributed by atoms with Crippen molar-refractivity contribution in [1.82, 2.24) is 4.72 Å². The number of nitrogens with one attached hydrogen (secondary N) is 2. The van der Waals surface area contributed by atoms with E-state index in [9.17, 15) is 13.2 Å². The number of anilines is 2. The van der Waals surface area contributed by atoms with Crippen molar-refractivity contribution in [2.75, 3.05) is 29.9 Å². The summed E-state index contributed by atoms with van der Waals surface area (Å²) < 4.78 is 25.7. The second-order valence-electron chi connectivity index (χ2n) is 9.41. The molecule has 1 saturated heterocycles. The monoisotopic (exact) mass is 423 g/mol. The molecule has 1 aromatic rings. The molecule has 1 heterocycles. The first-order valence-corrected chi connectivity index (χ1v) is 12.1. The highest BCUT2D eigenvalue weighted by molar-refractivity contribution is 7.90. The SMILES string of the molecule is CC1C[C@@H](C)CN(c2ccc(NC(=O)CCCCNS(=O)(=O)C(C)(C)C)cc2)C1. The molecule has 164 valence electrons. The van der Waals surface area contributed by atoms with Crippen LogP contribution in [0.5, 0.6) is 0 Å². The van der Waals surface area contributed by atoms with E-state index in [1.54, 1.807) is 20.8 Å². The molecule has 1 aromatic carbocycles. The summed E-state index contributed by atoms with van der Waals surface area (Å²) in [7, 11) is -3.32. The second kappa shape index (κ2) is 9.94. The van der Waals surface area contributed by atoms with Crippen molar-refractivity contribution in [2.45, 2.75) is 65.0 Å². The Hall–Kier alpha value is -1.60. The third-order valence-corrected chi connectivity index (χ3v) is 7.51. The molecule has 1 aliphatic rings. The summed E-state index contributed by atoms with van der Waals surface area (Å²) in [5.41, 5.74) is 2.00. The molecule has 1 aliphatic heterocycles. The van der Waals surface area contributed by atoms with Crippen molar-refractivity contribution in [3.05, 3.63) is 24.3 Å². The number of carbonyl (C=O) groups excluding carboxylic acids is 1. The maximum Gasteiger partial charge on any atom is 0.224 e. The van der Waals surface area contributed by atoms with E-state index in [2.05, 4.69) is 40.9 Å². The molecule has 0 radical (unpaired) electrons. The highest BCUT2D eigenvalue weighted by atomic mass is 32.2. The smallest absolute Gasteiger partial charge is 0.224 e. The van der Waals surface area contributed by atoms with Crippen LogP contribution in [0.15, 0.2) is 24.3 Å². The van der Waals surface area contributed by atoms with E-state index in [-0.39, 0.29) is 5.91 Å². The summed E-state index contributed by atoms with van der Waals surface area (Å²) >= 11 is 0. The van der Waals surface area contributed by atoms with Gasteiger partial charge >= 0.3 is 0 Å². The van der Waals surface area contributed by atoms with Crippen molar-refractivity contribution in [1.29, 1.82) is 0 Å². The molecule has 2 atom stereocenters. The van der Waals surface area contributed by atoms with Gasteiger partial charge in [0.2, 0.25) is 15.9 Å². The van der Waals surface area contributed by atoms with Crippen LogP contribution in [0.25, 0.3) is 0 Å². The summed E-state index contributed by atoms with van der Waals surface area (Å²) in [5.74, 6) is 1.36. The predicted molar refractivity (Wildman–Crippen MR) is 121 cm³/mol. The Morgan fingerprint density at radius 2 is 1.66 bits per heavy atom. The van der Waals surface area contributed by atoms with E-state index in [4.69, 9.17) is 0 Å². The first-order valence-electron chi connectivity index (χ1n) is 10.6. The standard InChI is InChI=1S/C22H37N3O3S/c1-17-14-18(2)16-25(15-17)20-11-9-19(10-12-20)24-21(26)8-6-7-13-23-29(27,28)22(3,4)5/h9-12,17-18,23H,6-8,13-16H2,1-5H3,(H,24,26)/t17-,18?/m1/s1. The normalized spacial score (nSPS) is 20.5. The molecule has 1 amide bonds. The molecule has 0 bridgehead atoms. The zero-order chi connectivity index (χ0) is 21.7. The summed E-state index contributed by atoms with van der Waals surface area (Å²) in [6.45, 7) is 12.1. The minimum Gasteiger partial charge on any atom is -0.371 e. The first kappa shape index (κ1) is 23.7. The minimum atomic E-state index is -3.32. The van der Waals surface area contributed by atoms with Gasteiger partial charge in [-0.3, -0.25) is 4.79 Å². The van der Waals surface area contributed by atoms with Gasteiger partial charge in [-0.05, 0) is 76.1 Å². The number of sulfonamides is 1.